The fraction of sp³-hybridized carbons (Fsp3) is 0.632. The molecule has 0 radical (unpaired) electrons. The van der Waals surface area contributed by atoms with Crippen LogP contribution in [0.2, 0.25) is 0 Å². The molecule has 1 heterocycles. The number of hydrogen-bond acceptors (Lipinski definition) is 3. The molecule has 1 fully saturated rings. The molecule has 0 aliphatic carbocycles. The van der Waals surface area contributed by atoms with Crippen molar-refractivity contribution in [3.05, 3.63) is 35.4 Å². The van der Waals surface area contributed by atoms with Crippen molar-refractivity contribution in [3.8, 4) is 0 Å². The van der Waals surface area contributed by atoms with Crippen LogP contribution < -0.4 is 10.6 Å². The van der Waals surface area contributed by atoms with E-state index in [1.54, 1.807) is 7.05 Å². The van der Waals surface area contributed by atoms with Gasteiger partial charge in [0.2, 0.25) is 0 Å². The molecule has 5 heteroatoms. The maximum atomic E-state index is 4.24. The van der Waals surface area contributed by atoms with Crippen molar-refractivity contribution in [2.45, 2.75) is 39.9 Å². The van der Waals surface area contributed by atoms with Crippen molar-refractivity contribution >= 4 is 5.96 Å². The number of piperazine rings is 1. The zero-order valence-electron chi connectivity index (χ0n) is 15.7. The Bertz CT molecular complexity index is 501. The van der Waals surface area contributed by atoms with Crippen LogP contribution in [0.4, 0.5) is 0 Å². The average Bonchev–Trinajstić information content (AvgIpc) is 2.60. The van der Waals surface area contributed by atoms with Gasteiger partial charge in [0.25, 0.3) is 0 Å². The molecule has 0 atom stereocenters. The number of rotatable bonds is 6. The second-order valence-corrected chi connectivity index (χ2v) is 6.75. The third-order valence-electron chi connectivity index (χ3n) is 4.45. The summed E-state index contributed by atoms with van der Waals surface area (Å²) in [4.78, 5) is 9.30. The van der Waals surface area contributed by atoms with Crippen LogP contribution in [-0.4, -0.2) is 61.6 Å². The van der Waals surface area contributed by atoms with Gasteiger partial charge in [-0.2, -0.15) is 0 Å². The first-order chi connectivity index (χ1) is 11.6. The van der Waals surface area contributed by atoms with Crippen LogP contribution in [0.5, 0.6) is 0 Å². The van der Waals surface area contributed by atoms with Gasteiger partial charge in [-0.3, -0.25) is 9.89 Å². The molecule has 1 aliphatic rings. The Morgan fingerprint density at radius 3 is 2.17 bits per heavy atom. The second kappa shape index (κ2) is 9.64. The summed E-state index contributed by atoms with van der Waals surface area (Å²) in [6, 6.07) is 9.32. The third-order valence-corrected chi connectivity index (χ3v) is 4.45. The Kier molecular flexibility index (Phi) is 7.53. The molecule has 1 aromatic carbocycles. The highest BCUT2D eigenvalue weighted by atomic mass is 15.3. The summed E-state index contributed by atoms with van der Waals surface area (Å²) in [7, 11) is 1.80. The largest absolute Gasteiger partial charge is 0.354 e. The average molecular weight is 332 g/mol. The van der Waals surface area contributed by atoms with Crippen LogP contribution in [0, 0.1) is 0 Å². The standard InChI is InChI=1S/C19H33N5/c1-5-23-10-12-24(13-11-23)15-18-8-6-17(7-9-18)14-21-19(20-4)22-16(2)3/h6-9,16H,5,10-15H2,1-4H3,(H2,20,21,22). The molecule has 2 N–H and O–H groups in total. The summed E-state index contributed by atoms with van der Waals surface area (Å²) < 4.78 is 0. The lowest BCUT2D eigenvalue weighted by Gasteiger charge is -2.34. The lowest BCUT2D eigenvalue weighted by atomic mass is 10.1. The molecule has 2 rings (SSSR count). The first kappa shape index (κ1) is 18.7. The van der Waals surface area contributed by atoms with E-state index in [2.05, 4.69) is 70.5 Å². The highest BCUT2D eigenvalue weighted by Crippen LogP contribution is 2.10. The van der Waals surface area contributed by atoms with Gasteiger partial charge < -0.3 is 15.5 Å². The lowest BCUT2D eigenvalue weighted by molar-refractivity contribution is 0.132. The number of aliphatic imine (C=N–C) groups is 1. The van der Waals surface area contributed by atoms with Gasteiger partial charge in [-0.25, -0.2) is 0 Å². The van der Waals surface area contributed by atoms with Crippen LogP contribution in [0.15, 0.2) is 29.3 Å². The van der Waals surface area contributed by atoms with Crippen molar-refractivity contribution in [3.63, 3.8) is 0 Å². The highest BCUT2D eigenvalue weighted by molar-refractivity contribution is 5.79. The van der Waals surface area contributed by atoms with Crippen molar-refractivity contribution in [2.24, 2.45) is 4.99 Å². The summed E-state index contributed by atoms with van der Waals surface area (Å²) >= 11 is 0. The molecule has 1 aromatic rings. The molecule has 5 nitrogen and oxygen atoms in total. The molecule has 0 aromatic heterocycles. The summed E-state index contributed by atoms with van der Waals surface area (Å²) in [5.74, 6) is 0.850. The SMILES string of the molecule is CCN1CCN(Cc2ccc(CNC(=NC)NC(C)C)cc2)CC1. The Hall–Kier alpha value is -1.59. The quantitative estimate of drug-likeness (QED) is 0.617. The van der Waals surface area contributed by atoms with E-state index in [9.17, 15) is 0 Å². The first-order valence-electron chi connectivity index (χ1n) is 9.10. The van der Waals surface area contributed by atoms with E-state index in [0.29, 0.717) is 6.04 Å². The van der Waals surface area contributed by atoms with Crippen molar-refractivity contribution < 1.29 is 0 Å². The normalized spacial score (nSPS) is 17.3. The Morgan fingerprint density at radius 2 is 1.62 bits per heavy atom. The summed E-state index contributed by atoms with van der Waals surface area (Å²) in [5.41, 5.74) is 2.68. The van der Waals surface area contributed by atoms with Gasteiger partial charge >= 0.3 is 0 Å². The molecule has 0 saturated carbocycles. The Labute approximate surface area is 147 Å². The van der Waals surface area contributed by atoms with Crippen LogP contribution in [-0.2, 0) is 13.1 Å². The van der Waals surface area contributed by atoms with Gasteiger partial charge in [0.1, 0.15) is 0 Å². The van der Waals surface area contributed by atoms with Gasteiger partial charge in [0.15, 0.2) is 5.96 Å². The Balaban J connectivity index is 1.78. The molecular formula is C19H33N5. The fourth-order valence-electron chi connectivity index (χ4n) is 2.94. The first-order valence-corrected chi connectivity index (χ1v) is 9.10. The number of benzene rings is 1. The van der Waals surface area contributed by atoms with E-state index in [-0.39, 0.29) is 0 Å². The van der Waals surface area contributed by atoms with Crippen molar-refractivity contribution in [2.75, 3.05) is 39.8 Å². The predicted molar refractivity (Wildman–Crippen MR) is 102 cm³/mol. The van der Waals surface area contributed by atoms with Crippen molar-refractivity contribution in [1.29, 1.82) is 0 Å². The predicted octanol–water partition coefficient (Wildman–Crippen LogP) is 1.90. The molecule has 0 bridgehead atoms. The molecule has 0 spiro atoms. The fourth-order valence-corrected chi connectivity index (χ4v) is 2.94. The summed E-state index contributed by atoms with van der Waals surface area (Å²) in [6.45, 7) is 14.2. The smallest absolute Gasteiger partial charge is 0.191 e. The van der Waals surface area contributed by atoms with Crippen molar-refractivity contribution in [1.82, 2.24) is 20.4 Å². The minimum absolute atomic E-state index is 0.381. The second-order valence-electron chi connectivity index (χ2n) is 6.75. The van der Waals surface area contributed by atoms with Crippen LogP contribution >= 0.6 is 0 Å². The zero-order valence-corrected chi connectivity index (χ0v) is 15.7. The molecule has 1 aliphatic heterocycles. The van der Waals surface area contributed by atoms with Gasteiger partial charge in [-0.05, 0) is 31.5 Å². The van der Waals surface area contributed by atoms with Gasteiger partial charge in [-0.15, -0.1) is 0 Å². The summed E-state index contributed by atoms with van der Waals surface area (Å²) in [5, 5.41) is 6.65. The minimum atomic E-state index is 0.381. The molecule has 0 unspecified atom stereocenters. The van der Waals surface area contributed by atoms with E-state index < -0.39 is 0 Å². The van der Waals surface area contributed by atoms with Crippen LogP contribution in [0.3, 0.4) is 0 Å². The number of hydrogen-bond donors (Lipinski definition) is 2. The van der Waals surface area contributed by atoms with Gasteiger partial charge in [-0.1, -0.05) is 31.2 Å². The molecule has 24 heavy (non-hydrogen) atoms. The third kappa shape index (κ3) is 6.13. The van der Waals surface area contributed by atoms with E-state index in [4.69, 9.17) is 0 Å². The van der Waals surface area contributed by atoms with E-state index >= 15 is 0 Å². The molecule has 0 amide bonds. The van der Waals surface area contributed by atoms with E-state index in [0.717, 1.165) is 19.0 Å². The minimum Gasteiger partial charge on any atom is -0.354 e. The van der Waals surface area contributed by atoms with E-state index in [1.165, 1.54) is 43.9 Å². The number of nitrogens with one attached hydrogen (secondary N) is 2. The van der Waals surface area contributed by atoms with Crippen LogP contribution in [0.25, 0.3) is 0 Å². The lowest BCUT2D eigenvalue weighted by Crippen LogP contribution is -2.45. The molecule has 1 saturated heterocycles. The maximum Gasteiger partial charge on any atom is 0.191 e. The highest BCUT2D eigenvalue weighted by Gasteiger charge is 2.15. The summed E-state index contributed by atoms with van der Waals surface area (Å²) in [6.07, 6.45) is 0. The number of guanidine groups is 1. The zero-order chi connectivity index (χ0) is 17.4. The molecule has 134 valence electrons. The maximum absolute atomic E-state index is 4.24. The monoisotopic (exact) mass is 331 g/mol. The Morgan fingerprint density at radius 1 is 1.04 bits per heavy atom. The topological polar surface area (TPSA) is 42.9 Å². The van der Waals surface area contributed by atoms with Gasteiger partial charge in [0, 0.05) is 52.4 Å². The molecular weight excluding hydrogens is 298 g/mol. The number of nitrogens with zero attached hydrogens (tertiary/aromatic N) is 3. The van der Waals surface area contributed by atoms with Crippen LogP contribution in [0.1, 0.15) is 31.9 Å². The van der Waals surface area contributed by atoms with Gasteiger partial charge in [0.05, 0.1) is 0 Å². The number of likely N-dealkylation sites (N-methyl/N-ethyl adjacent to an activating group) is 1. The van der Waals surface area contributed by atoms with E-state index in [1.807, 2.05) is 0 Å².